The zero-order valence-corrected chi connectivity index (χ0v) is 12.9. The summed E-state index contributed by atoms with van der Waals surface area (Å²) in [5.41, 5.74) is 1.24. The third-order valence-corrected chi connectivity index (χ3v) is 3.23. The van der Waals surface area contributed by atoms with E-state index < -0.39 is 11.8 Å². The Morgan fingerprint density at radius 1 is 1.09 bits per heavy atom. The Labute approximate surface area is 134 Å². The molecule has 0 unspecified atom stereocenters. The highest BCUT2D eigenvalue weighted by Gasteiger charge is 2.14. The molecule has 2 amide bonds. The fourth-order valence-electron chi connectivity index (χ4n) is 1.95. The number of amides is 2. The summed E-state index contributed by atoms with van der Waals surface area (Å²) in [5, 5.41) is 11.9. The number of phenols is 1. The van der Waals surface area contributed by atoms with Gasteiger partial charge in [-0.15, -0.1) is 0 Å². The molecule has 2 rings (SSSR count). The number of carbonyl (C=O) groups is 2. The number of hydrogen-bond donors (Lipinski definition) is 2. The standard InChI is InChI=1S/C18H17NO4/c1-12(11-13-7-9-14(23-2)10-8-13)17(21)19-18(22)15-5-3-4-6-16(15)20/h3-11,20H,1-2H3,(H,19,21,22)/b12-11+. The number of nitrogens with one attached hydrogen (secondary N) is 1. The van der Waals surface area contributed by atoms with Gasteiger partial charge in [-0.2, -0.15) is 0 Å². The van der Waals surface area contributed by atoms with Crippen molar-refractivity contribution in [2.45, 2.75) is 6.92 Å². The van der Waals surface area contributed by atoms with E-state index in [1.165, 1.54) is 12.1 Å². The average Bonchev–Trinajstić information content (AvgIpc) is 2.55. The molecular formula is C18H17NO4. The van der Waals surface area contributed by atoms with Gasteiger partial charge in [-0.05, 0) is 42.8 Å². The van der Waals surface area contributed by atoms with E-state index in [1.807, 2.05) is 0 Å². The molecule has 5 heteroatoms. The van der Waals surface area contributed by atoms with Gasteiger partial charge in [-0.3, -0.25) is 14.9 Å². The van der Waals surface area contributed by atoms with E-state index in [9.17, 15) is 14.7 Å². The fourth-order valence-corrected chi connectivity index (χ4v) is 1.95. The lowest BCUT2D eigenvalue weighted by molar-refractivity contribution is -0.116. The molecule has 0 atom stereocenters. The van der Waals surface area contributed by atoms with Gasteiger partial charge < -0.3 is 9.84 Å². The average molecular weight is 311 g/mol. The summed E-state index contributed by atoms with van der Waals surface area (Å²) in [6.07, 6.45) is 1.66. The lowest BCUT2D eigenvalue weighted by atomic mass is 10.1. The molecule has 2 N–H and O–H groups in total. The number of carbonyl (C=O) groups excluding carboxylic acids is 2. The van der Waals surface area contributed by atoms with Crippen LogP contribution in [0.4, 0.5) is 0 Å². The first-order valence-corrected chi connectivity index (χ1v) is 6.97. The van der Waals surface area contributed by atoms with Crippen molar-refractivity contribution in [2.75, 3.05) is 7.11 Å². The second-order valence-electron chi connectivity index (χ2n) is 4.90. The van der Waals surface area contributed by atoms with Crippen LogP contribution in [0.15, 0.2) is 54.1 Å². The van der Waals surface area contributed by atoms with Gasteiger partial charge in [0.15, 0.2) is 0 Å². The molecule has 0 bridgehead atoms. The highest BCUT2D eigenvalue weighted by Crippen LogP contribution is 2.16. The lowest BCUT2D eigenvalue weighted by Crippen LogP contribution is -2.30. The van der Waals surface area contributed by atoms with Gasteiger partial charge >= 0.3 is 0 Å². The Morgan fingerprint density at radius 3 is 2.35 bits per heavy atom. The molecule has 2 aromatic rings. The first-order chi connectivity index (χ1) is 11.0. The molecular weight excluding hydrogens is 294 g/mol. The molecule has 0 aromatic heterocycles. The van der Waals surface area contributed by atoms with E-state index in [0.717, 1.165) is 11.3 Å². The molecule has 0 heterocycles. The smallest absolute Gasteiger partial charge is 0.261 e. The number of methoxy groups -OCH3 is 1. The van der Waals surface area contributed by atoms with Crippen LogP contribution in [0.25, 0.3) is 6.08 Å². The Hall–Kier alpha value is -3.08. The van der Waals surface area contributed by atoms with Crippen molar-refractivity contribution in [3.63, 3.8) is 0 Å². The fraction of sp³-hybridized carbons (Fsp3) is 0.111. The number of ether oxygens (including phenoxy) is 1. The molecule has 0 fully saturated rings. The van der Waals surface area contributed by atoms with E-state index in [-0.39, 0.29) is 11.3 Å². The topological polar surface area (TPSA) is 75.6 Å². The van der Waals surface area contributed by atoms with Crippen molar-refractivity contribution in [3.05, 3.63) is 65.2 Å². The van der Waals surface area contributed by atoms with Gasteiger partial charge in [-0.1, -0.05) is 24.3 Å². The van der Waals surface area contributed by atoms with Gasteiger partial charge in [0, 0.05) is 5.57 Å². The van der Waals surface area contributed by atoms with Crippen molar-refractivity contribution >= 4 is 17.9 Å². The molecule has 2 aromatic carbocycles. The third-order valence-electron chi connectivity index (χ3n) is 3.23. The van der Waals surface area contributed by atoms with Gasteiger partial charge in [-0.25, -0.2) is 0 Å². The number of phenolic OH excluding ortho intramolecular Hbond substituents is 1. The van der Waals surface area contributed by atoms with E-state index in [4.69, 9.17) is 4.74 Å². The highest BCUT2D eigenvalue weighted by molar-refractivity contribution is 6.12. The van der Waals surface area contributed by atoms with E-state index in [1.54, 1.807) is 56.5 Å². The molecule has 5 nitrogen and oxygen atoms in total. The second-order valence-corrected chi connectivity index (χ2v) is 4.90. The summed E-state index contributed by atoms with van der Waals surface area (Å²) in [6.45, 7) is 1.61. The number of hydrogen-bond acceptors (Lipinski definition) is 4. The molecule has 0 aliphatic rings. The summed E-state index contributed by atoms with van der Waals surface area (Å²) < 4.78 is 5.07. The normalized spacial score (nSPS) is 11.0. The van der Waals surface area contributed by atoms with Crippen molar-refractivity contribution in [2.24, 2.45) is 0 Å². The minimum absolute atomic E-state index is 0.0538. The predicted octanol–water partition coefficient (Wildman–Crippen LogP) is 2.76. The maximum absolute atomic E-state index is 12.1. The second kappa shape index (κ2) is 7.26. The number of benzene rings is 2. The predicted molar refractivity (Wildman–Crippen MR) is 87.2 cm³/mol. The van der Waals surface area contributed by atoms with Crippen LogP contribution in [0.3, 0.4) is 0 Å². The molecule has 0 aliphatic carbocycles. The Morgan fingerprint density at radius 2 is 1.74 bits per heavy atom. The summed E-state index contributed by atoms with van der Waals surface area (Å²) >= 11 is 0. The molecule has 0 spiro atoms. The zero-order valence-electron chi connectivity index (χ0n) is 12.9. The van der Waals surface area contributed by atoms with Crippen LogP contribution in [-0.2, 0) is 4.79 Å². The Kier molecular flexibility index (Phi) is 5.15. The number of rotatable bonds is 4. The van der Waals surface area contributed by atoms with Crippen molar-refractivity contribution in [1.82, 2.24) is 5.32 Å². The number of aromatic hydroxyl groups is 1. The minimum Gasteiger partial charge on any atom is -0.507 e. The zero-order chi connectivity index (χ0) is 16.8. The van der Waals surface area contributed by atoms with E-state index >= 15 is 0 Å². The van der Waals surface area contributed by atoms with Crippen LogP contribution >= 0.6 is 0 Å². The molecule has 118 valence electrons. The van der Waals surface area contributed by atoms with Gasteiger partial charge in [0.2, 0.25) is 0 Å². The molecule has 0 saturated carbocycles. The highest BCUT2D eigenvalue weighted by atomic mass is 16.5. The first kappa shape index (κ1) is 16.3. The van der Waals surface area contributed by atoms with Crippen LogP contribution < -0.4 is 10.1 Å². The van der Waals surface area contributed by atoms with Gasteiger partial charge in [0.1, 0.15) is 11.5 Å². The summed E-state index contributed by atoms with van der Waals surface area (Å²) in [4.78, 5) is 24.0. The van der Waals surface area contributed by atoms with Gasteiger partial charge in [0.05, 0.1) is 12.7 Å². The van der Waals surface area contributed by atoms with Crippen LogP contribution in [0.2, 0.25) is 0 Å². The molecule has 0 aliphatic heterocycles. The van der Waals surface area contributed by atoms with Crippen molar-refractivity contribution < 1.29 is 19.4 Å². The molecule has 0 radical (unpaired) electrons. The summed E-state index contributed by atoms with van der Waals surface area (Å²) in [5.74, 6) is -0.613. The SMILES string of the molecule is COc1ccc(/C=C(\C)C(=O)NC(=O)c2ccccc2O)cc1. The number of imide groups is 1. The van der Waals surface area contributed by atoms with Crippen LogP contribution in [0.5, 0.6) is 11.5 Å². The Bertz CT molecular complexity index is 748. The summed E-state index contributed by atoms with van der Waals surface area (Å²) in [6, 6.07) is 13.2. The molecule has 0 saturated heterocycles. The lowest BCUT2D eigenvalue weighted by Gasteiger charge is -2.06. The largest absolute Gasteiger partial charge is 0.507 e. The molecule has 23 heavy (non-hydrogen) atoms. The quantitative estimate of drug-likeness (QED) is 0.851. The maximum Gasteiger partial charge on any atom is 0.261 e. The van der Waals surface area contributed by atoms with Crippen molar-refractivity contribution in [1.29, 1.82) is 0 Å². The Balaban J connectivity index is 2.08. The summed E-state index contributed by atoms with van der Waals surface area (Å²) in [7, 11) is 1.58. The van der Waals surface area contributed by atoms with Gasteiger partial charge in [0.25, 0.3) is 11.8 Å². The third kappa shape index (κ3) is 4.20. The van der Waals surface area contributed by atoms with Crippen LogP contribution in [0.1, 0.15) is 22.8 Å². The monoisotopic (exact) mass is 311 g/mol. The van der Waals surface area contributed by atoms with Crippen LogP contribution in [-0.4, -0.2) is 24.0 Å². The van der Waals surface area contributed by atoms with E-state index in [2.05, 4.69) is 5.32 Å². The maximum atomic E-state index is 12.1. The minimum atomic E-state index is -0.643. The van der Waals surface area contributed by atoms with Crippen molar-refractivity contribution in [3.8, 4) is 11.5 Å². The first-order valence-electron chi connectivity index (χ1n) is 6.97. The van der Waals surface area contributed by atoms with Crippen LogP contribution in [0, 0.1) is 0 Å². The number of para-hydroxylation sites is 1. The van der Waals surface area contributed by atoms with E-state index in [0.29, 0.717) is 5.57 Å².